The lowest BCUT2D eigenvalue weighted by Gasteiger charge is -2.28. The first kappa shape index (κ1) is 15.1. The molecule has 0 amide bonds. The summed E-state index contributed by atoms with van der Waals surface area (Å²) < 4.78 is 0. The van der Waals surface area contributed by atoms with Gasteiger partial charge >= 0.3 is 0 Å². The van der Waals surface area contributed by atoms with Crippen LogP contribution in [0.2, 0.25) is 0 Å². The lowest BCUT2D eigenvalue weighted by molar-refractivity contribution is 0.279. The van der Waals surface area contributed by atoms with Crippen LogP contribution in [0.25, 0.3) is 0 Å². The van der Waals surface area contributed by atoms with Crippen molar-refractivity contribution in [1.29, 1.82) is 0 Å². The minimum atomic E-state index is 0.564. The van der Waals surface area contributed by atoms with Crippen LogP contribution in [0.5, 0.6) is 0 Å². The smallest absolute Gasteiger partial charge is 0.0323 e. The topological polar surface area (TPSA) is 12.0 Å². The van der Waals surface area contributed by atoms with Gasteiger partial charge in [-0.25, -0.2) is 0 Å². The zero-order valence-electron chi connectivity index (χ0n) is 14.0. The summed E-state index contributed by atoms with van der Waals surface area (Å²) in [7, 11) is 0. The highest BCUT2D eigenvalue weighted by Gasteiger charge is 2.40. The highest BCUT2D eigenvalue weighted by Crippen LogP contribution is 2.50. The van der Waals surface area contributed by atoms with E-state index >= 15 is 0 Å². The molecular weight excluding hydrogens is 254 g/mol. The lowest BCUT2D eigenvalue weighted by Crippen LogP contribution is -2.26. The monoisotopic (exact) mass is 285 g/mol. The Morgan fingerprint density at radius 1 is 1.14 bits per heavy atom. The number of rotatable bonds is 6. The van der Waals surface area contributed by atoms with Crippen LogP contribution < -0.4 is 5.32 Å². The van der Waals surface area contributed by atoms with Gasteiger partial charge < -0.3 is 5.32 Å². The highest BCUT2D eigenvalue weighted by molar-refractivity contribution is 5.31. The second-order valence-corrected chi connectivity index (χ2v) is 7.52. The molecule has 2 aliphatic carbocycles. The number of hydrogen-bond donors (Lipinski definition) is 1. The molecule has 1 aromatic rings. The number of aryl methyl sites for hydroxylation is 2. The number of fused-ring (bicyclic) bond motifs is 2. The summed E-state index contributed by atoms with van der Waals surface area (Å²) in [5.74, 6) is 3.07. The number of nitrogens with one attached hydrogen (secondary N) is 1. The SMILES string of the molecule is CCCNC(CC1CC2CCC1C2)c1ccc(C)c(C)c1. The van der Waals surface area contributed by atoms with Gasteiger partial charge in [0.05, 0.1) is 0 Å². The van der Waals surface area contributed by atoms with Crippen molar-refractivity contribution in [2.24, 2.45) is 17.8 Å². The maximum absolute atomic E-state index is 3.82. The molecular formula is C20H31N. The Morgan fingerprint density at radius 3 is 2.62 bits per heavy atom. The van der Waals surface area contributed by atoms with Crippen molar-refractivity contribution in [3.05, 3.63) is 34.9 Å². The Labute approximate surface area is 130 Å². The second-order valence-electron chi connectivity index (χ2n) is 7.52. The maximum atomic E-state index is 3.82. The molecule has 2 saturated carbocycles. The summed E-state index contributed by atoms with van der Waals surface area (Å²) in [4.78, 5) is 0. The fourth-order valence-corrected chi connectivity index (χ4v) is 4.61. The van der Waals surface area contributed by atoms with Gasteiger partial charge in [0, 0.05) is 6.04 Å². The van der Waals surface area contributed by atoms with E-state index < -0.39 is 0 Å². The van der Waals surface area contributed by atoms with Crippen LogP contribution in [0, 0.1) is 31.6 Å². The molecule has 0 heterocycles. The zero-order chi connectivity index (χ0) is 14.8. The standard InChI is InChI=1S/C20H31N/c1-4-9-21-20(18-7-5-14(2)15(3)10-18)13-19-12-16-6-8-17(19)11-16/h5,7,10,16-17,19-21H,4,6,8-9,11-13H2,1-3H3. The van der Waals surface area contributed by atoms with Crippen molar-refractivity contribution in [3.8, 4) is 0 Å². The largest absolute Gasteiger partial charge is 0.310 e. The maximum Gasteiger partial charge on any atom is 0.0323 e. The molecule has 21 heavy (non-hydrogen) atoms. The molecule has 0 saturated heterocycles. The molecule has 4 unspecified atom stereocenters. The average molecular weight is 285 g/mol. The lowest BCUT2D eigenvalue weighted by atomic mass is 9.82. The van der Waals surface area contributed by atoms with Gasteiger partial charge in [-0.1, -0.05) is 31.5 Å². The minimum Gasteiger partial charge on any atom is -0.310 e. The van der Waals surface area contributed by atoms with Crippen molar-refractivity contribution < 1.29 is 0 Å². The number of benzene rings is 1. The number of hydrogen-bond acceptors (Lipinski definition) is 1. The van der Waals surface area contributed by atoms with Crippen LogP contribution in [-0.4, -0.2) is 6.54 Å². The van der Waals surface area contributed by atoms with E-state index in [1.54, 1.807) is 0 Å². The first-order valence-electron chi connectivity index (χ1n) is 8.98. The van der Waals surface area contributed by atoms with E-state index in [0.717, 1.165) is 24.3 Å². The summed E-state index contributed by atoms with van der Waals surface area (Å²) in [5.41, 5.74) is 4.35. The molecule has 116 valence electrons. The molecule has 1 nitrogen and oxygen atoms in total. The summed E-state index contributed by atoms with van der Waals surface area (Å²) in [6.07, 6.45) is 8.61. The predicted molar refractivity (Wildman–Crippen MR) is 90.5 cm³/mol. The highest BCUT2D eigenvalue weighted by atomic mass is 14.9. The molecule has 1 heteroatoms. The fourth-order valence-electron chi connectivity index (χ4n) is 4.61. The molecule has 2 fully saturated rings. The van der Waals surface area contributed by atoms with Crippen molar-refractivity contribution in [2.75, 3.05) is 6.54 Å². The van der Waals surface area contributed by atoms with Gasteiger partial charge in [-0.05, 0) is 86.9 Å². The van der Waals surface area contributed by atoms with Crippen molar-refractivity contribution >= 4 is 0 Å². The van der Waals surface area contributed by atoms with Crippen molar-refractivity contribution in [3.63, 3.8) is 0 Å². The minimum absolute atomic E-state index is 0.564. The molecule has 0 radical (unpaired) electrons. The van der Waals surface area contributed by atoms with Gasteiger partial charge in [0.2, 0.25) is 0 Å². The van der Waals surface area contributed by atoms with E-state index in [-0.39, 0.29) is 0 Å². The summed E-state index contributed by atoms with van der Waals surface area (Å²) >= 11 is 0. The summed E-state index contributed by atoms with van der Waals surface area (Å²) in [5, 5.41) is 3.82. The van der Waals surface area contributed by atoms with E-state index in [4.69, 9.17) is 0 Å². The average Bonchev–Trinajstić information content (AvgIpc) is 3.09. The Hall–Kier alpha value is -0.820. The van der Waals surface area contributed by atoms with Crippen LogP contribution in [-0.2, 0) is 0 Å². The van der Waals surface area contributed by atoms with Gasteiger partial charge in [-0.3, -0.25) is 0 Å². The third-order valence-corrected chi connectivity index (χ3v) is 6.00. The van der Waals surface area contributed by atoms with Crippen molar-refractivity contribution in [2.45, 2.75) is 65.3 Å². The molecule has 1 aromatic carbocycles. The predicted octanol–water partition coefficient (Wildman–Crippen LogP) is 5.17. The van der Waals surface area contributed by atoms with Crippen molar-refractivity contribution in [1.82, 2.24) is 5.32 Å². The Bertz CT molecular complexity index is 479. The van der Waals surface area contributed by atoms with Gasteiger partial charge in [0.25, 0.3) is 0 Å². The van der Waals surface area contributed by atoms with E-state index in [1.807, 2.05) is 0 Å². The molecule has 0 aliphatic heterocycles. The first-order chi connectivity index (χ1) is 10.2. The van der Waals surface area contributed by atoms with Crippen LogP contribution in [0.15, 0.2) is 18.2 Å². The second kappa shape index (κ2) is 6.52. The van der Waals surface area contributed by atoms with Gasteiger partial charge in [0.15, 0.2) is 0 Å². The van der Waals surface area contributed by atoms with Crippen LogP contribution >= 0.6 is 0 Å². The Balaban J connectivity index is 1.72. The first-order valence-corrected chi connectivity index (χ1v) is 8.98. The van der Waals surface area contributed by atoms with Gasteiger partial charge in [-0.2, -0.15) is 0 Å². The molecule has 2 aliphatic rings. The third-order valence-electron chi connectivity index (χ3n) is 6.00. The van der Waals surface area contributed by atoms with Gasteiger partial charge in [0.1, 0.15) is 0 Å². The molecule has 1 N–H and O–H groups in total. The summed E-state index contributed by atoms with van der Waals surface area (Å²) in [6.45, 7) is 7.86. The van der Waals surface area contributed by atoms with Crippen LogP contribution in [0.1, 0.15) is 68.2 Å². The normalized spacial score (nSPS) is 29.0. The van der Waals surface area contributed by atoms with E-state index in [0.29, 0.717) is 6.04 Å². The van der Waals surface area contributed by atoms with Gasteiger partial charge in [-0.15, -0.1) is 0 Å². The van der Waals surface area contributed by atoms with E-state index in [1.165, 1.54) is 55.2 Å². The fraction of sp³-hybridized carbons (Fsp3) is 0.700. The molecule has 4 atom stereocenters. The zero-order valence-corrected chi connectivity index (χ0v) is 14.0. The molecule has 0 aromatic heterocycles. The third kappa shape index (κ3) is 3.34. The Kier molecular flexibility index (Phi) is 4.69. The van der Waals surface area contributed by atoms with E-state index in [2.05, 4.69) is 44.3 Å². The molecule has 2 bridgehead atoms. The van der Waals surface area contributed by atoms with Crippen LogP contribution in [0.3, 0.4) is 0 Å². The van der Waals surface area contributed by atoms with E-state index in [9.17, 15) is 0 Å². The quantitative estimate of drug-likeness (QED) is 0.760. The Morgan fingerprint density at radius 2 is 2.00 bits per heavy atom. The molecule has 3 rings (SSSR count). The molecule has 0 spiro atoms. The van der Waals surface area contributed by atoms with Crippen LogP contribution in [0.4, 0.5) is 0 Å². The summed E-state index contributed by atoms with van der Waals surface area (Å²) in [6, 6.07) is 7.62.